The van der Waals surface area contributed by atoms with Gasteiger partial charge in [-0.05, 0) is 0 Å². The number of halogens is 1. The average molecular weight is 288 g/mol. The molecule has 0 atom stereocenters. The van der Waals surface area contributed by atoms with Crippen LogP contribution in [0.15, 0.2) is 0 Å². The molecule has 0 rings (SSSR count). The van der Waals surface area contributed by atoms with Crippen LogP contribution in [0.2, 0.25) is 9.88 Å². The van der Waals surface area contributed by atoms with E-state index in [9.17, 15) is 0 Å². The zero-order chi connectivity index (χ0) is 8.20. The van der Waals surface area contributed by atoms with Crippen molar-refractivity contribution in [2.75, 3.05) is 26.4 Å². The molecule has 0 radical (unpaired) electrons. The molecule has 0 saturated heterocycles. The summed E-state index contributed by atoms with van der Waals surface area (Å²) in [6.07, 6.45) is 0. The normalized spacial score (nSPS) is 12.6. The number of hydrogen-bond donors (Lipinski definition) is 0. The van der Waals surface area contributed by atoms with Gasteiger partial charge in [0.15, 0.2) is 0 Å². The van der Waals surface area contributed by atoms with Gasteiger partial charge in [-0.25, -0.2) is 0 Å². The van der Waals surface area contributed by atoms with Crippen molar-refractivity contribution in [2.45, 2.75) is 9.88 Å². The maximum absolute atomic E-state index is 6.17. The standard InChI is InChI=1S/C4H11NS.2CH3.ClH.Sn/c1-5(2)3-4-6;;;;/h6H,3-4H2,1-2H3;2*1H3;1H;/q;;;;+2/p-2. The first kappa shape index (κ1) is 11.4. The van der Waals surface area contributed by atoms with E-state index in [4.69, 9.17) is 8.92 Å². The summed E-state index contributed by atoms with van der Waals surface area (Å²) in [5.74, 6) is 1.19. The van der Waals surface area contributed by atoms with Crippen molar-refractivity contribution in [3.05, 3.63) is 0 Å². The average Bonchev–Trinajstić information content (AvgIpc) is 1.59. The fraction of sp³-hybridized carbons (Fsp3) is 1.00. The molecule has 0 aromatic heterocycles. The topological polar surface area (TPSA) is 3.24 Å². The third kappa shape index (κ3) is 9.40. The Labute approximate surface area is 74.5 Å². The van der Waals surface area contributed by atoms with Gasteiger partial charge in [-0.1, -0.05) is 0 Å². The molecule has 0 amide bonds. The second kappa shape index (κ2) is 5.12. The zero-order valence-corrected chi connectivity index (χ0v) is 11.6. The van der Waals surface area contributed by atoms with Crippen LogP contribution in [0.3, 0.4) is 0 Å². The van der Waals surface area contributed by atoms with Crippen LogP contribution < -0.4 is 0 Å². The SMILES string of the molecule is CN(C)CC[S][Sn]([CH3])([CH3])[Cl]. The molecule has 0 N–H and O–H groups in total. The minimum atomic E-state index is -2.01. The van der Waals surface area contributed by atoms with Gasteiger partial charge in [0.25, 0.3) is 0 Å². The van der Waals surface area contributed by atoms with Crippen LogP contribution in [0.25, 0.3) is 0 Å². The summed E-state index contributed by atoms with van der Waals surface area (Å²) in [5, 5.41) is 0. The van der Waals surface area contributed by atoms with Crippen molar-refractivity contribution in [3.63, 3.8) is 0 Å². The van der Waals surface area contributed by atoms with Crippen molar-refractivity contribution in [2.24, 2.45) is 0 Å². The summed E-state index contributed by atoms with van der Waals surface area (Å²) in [6.45, 7) is 1.15. The molecule has 0 aromatic carbocycles. The quantitative estimate of drug-likeness (QED) is 0.730. The van der Waals surface area contributed by atoms with Crippen LogP contribution in [0, 0.1) is 0 Å². The molecule has 0 aliphatic rings. The zero-order valence-electron chi connectivity index (χ0n) is 7.15. The monoisotopic (exact) mass is 289 g/mol. The van der Waals surface area contributed by atoms with Gasteiger partial charge < -0.3 is 0 Å². The predicted molar refractivity (Wildman–Crippen MR) is 54.3 cm³/mol. The molecule has 0 unspecified atom stereocenters. The maximum atomic E-state index is 6.17. The molecule has 1 nitrogen and oxygen atoms in total. The fourth-order valence-electron chi connectivity index (χ4n) is 0.471. The van der Waals surface area contributed by atoms with Gasteiger partial charge in [0.05, 0.1) is 0 Å². The summed E-state index contributed by atoms with van der Waals surface area (Å²) in [4.78, 5) is 6.66. The Bertz CT molecular complexity index is 92.2. The Balaban J connectivity index is 3.21. The van der Waals surface area contributed by atoms with Crippen molar-refractivity contribution < 1.29 is 0 Å². The fourth-order valence-corrected chi connectivity index (χ4v) is 7.90. The second-order valence-electron chi connectivity index (χ2n) is 3.02. The molecule has 0 heterocycles. The van der Waals surface area contributed by atoms with Gasteiger partial charge in [-0.2, -0.15) is 0 Å². The van der Waals surface area contributed by atoms with E-state index < -0.39 is 15.9 Å². The molecule has 0 saturated carbocycles. The molecule has 10 heavy (non-hydrogen) atoms. The Kier molecular flexibility index (Phi) is 5.83. The first-order valence-corrected chi connectivity index (χ1v) is 17.2. The van der Waals surface area contributed by atoms with Crippen LogP contribution in [0.4, 0.5) is 0 Å². The number of nitrogens with zero attached hydrogens (tertiary/aromatic N) is 1. The summed E-state index contributed by atoms with van der Waals surface area (Å²) in [7, 11) is 12.4. The van der Waals surface area contributed by atoms with Crippen LogP contribution in [-0.4, -0.2) is 47.2 Å². The Hall–Kier alpha value is 1.40. The number of hydrogen-bond acceptors (Lipinski definition) is 2. The van der Waals surface area contributed by atoms with Gasteiger partial charge in [-0.15, -0.1) is 0 Å². The van der Waals surface area contributed by atoms with E-state index >= 15 is 0 Å². The van der Waals surface area contributed by atoms with E-state index in [1.165, 1.54) is 5.75 Å². The molecule has 0 bridgehead atoms. The predicted octanol–water partition coefficient (Wildman–Crippen LogP) is 2.22. The molecule has 4 heteroatoms. The molecular weight excluding hydrogens is 272 g/mol. The van der Waals surface area contributed by atoms with Gasteiger partial charge in [0, 0.05) is 0 Å². The minimum absolute atomic E-state index is 1.15. The van der Waals surface area contributed by atoms with Gasteiger partial charge in [0.1, 0.15) is 0 Å². The van der Waals surface area contributed by atoms with E-state index in [1.54, 1.807) is 0 Å². The molecule has 0 fully saturated rings. The van der Waals surface area contributed by atoms with E-state index in [-0.39, 0.29) is 0 Å². The second-order valence-corrected chi connectivity index (χ2v) is 28.7. The van der Waals surface area contributed by atoms with Crippen molar-refractivity contribution in [1.82, 2.24) is 4.90 Å². The number of rotatable bonds is 4. The van der Waals surface area contributed by atoms with Gasteiger partial charge in [0.2, 0.25) is 0 Å². The molecule has 0 aliphatic carbocycles. The molecule has 0 aliphatic heterocycles. The Morgan fingerprint density at radius 1 is 1.40 bits per heavy atom. The molecular formula is C6H16ClNSSn. The molecule has 0 aromatic rings. The Morgan fingerprint density at radius 2 is 1.90 bits per heavy atom. The van der Waals surface area contributed by atoms with Crippen molar-refractivity contribution in [3.8, 4) is 0 Å². The summed E-state index contributed by atoms with van der Waals surface area (Å²) < 4.78 is 0. The molecule has 62 valence electrons. The first-order valence-electron chi connectivity index (χ1n) is 3.39. The van der Waals surface area contributed by atoms with Crippen LogP contribution in [0.1, 0.15) is 0 Å². The van der Waals surface area contributed by atoms with Crippen LogP contribution in [0.5, 0.6) is 0 Å². The molecule has 0 spiro atoms. The Morgan fingerprint density at radius 3 is 2.20 bits per heavy atom. The first-order chi connectivity index (χ1) is 4.42. The van der Waals surface area contributed by atoms with Gasteiger partial charge >= 0.3 is 74.9 Å². The van der Waals surface area contributed by atoms with Crippen LogP contribution in [-0.2, 0) is 0 Å². The van der Waals surface area contributed by atoms with Crippen LogP contribution >= 0.6 is 17.9 Å². The summed E-state index contributed by atoms with van der Waals surface area (Å²) in [6, 6.07) is 0. The van der Waals surface area contributed by atoms with E-state index in [2.05, 4.69) is 28.9 Å². The van der Waals surface area contributed by atoms with Crippen molar-refractivity contribution >= 4 is 33.7 Å². The summed E-state index contributed by atoms with van der Waals surface area (Å²) in [5.41, 5.74) is 0. The van der Waals surface area contributed by atoms with Gasteiger partial charge in [-0.3, -0.25) is 0 Å². The van der Waals surface area contributed by atoms with E-state index in [0.717, 1.165) is 6.54 Å². The summed E-state index contributed by atoms with van der Waals surface area (Å²) >= 11 is -2.01. The third-order valence-corrected chi connectivity index (χ3v) is 11.9. The van der Waals surface area contributed by atoms with E-state index in [0.29, 0.717) is 0 Å². The van der Waals surface area contributed by atoms with E-state index in [1.807, 2.05) is 8.95 Å². The third-order valence-electron chi connectivity index (χ3n) is 0.984. The van der Waals surface area contributed by atoms with Crippen molar-refractivity contribution in [1.29, 1.82) is 0 Å².